The van der Waals surface area contributed by atoms with Gasteiger partial charge in [-0.3, -0.25) is 0 Å². The van der Waals surface area contributed by atoms with Gasteiger partial charge in [-0.1, -0.05) is 176 Å². The number of anilines is 3. The minimum atomic E-state index is 1.09. The first-order chi connectivity index (χ1) is 31.3. The highest BCUT2D eigenvalue weighted by Gasteiger charge is 2.27. The van der Waals surface area contributed by atoms with Crippen LogP contribution < -0.4 is 4.90 Å². The van der Waals surface area contributed by atoms with E-state index in [1.54, 1.807) is 0 Å². The average Bonchev–Trinajstić information content (AvgIpc) is 3.88. The zero-order valence-corrected chi connectivity index (χ0v) is 34.2. The molecule has 0 aliphatic carbocycles. The number of fused-ring (bicyclic) bond motifs is 12. The number of hydrogen-bond acceptors (Lipinski definition) is 1. The van der Waals surface area contributed by atoms with E-state index >= 15 is 0 Å². The molecule has 0 bridgehead atoms. The first-order valence-electron chi connectivity index (χ1n) is 21.8. The number of nitrogens with zero attached hydrogens (tertiary/aromatic N) is 3. The van der Waals surface area contributed by atoms with Gasteiger partial charge in [0, 0.05) is 54.6 Å². The monoisotopic (exact) mass is 799 g/mol. The molecule has 3 heteroatoms. The third-order valence-corrected chi connectivity index (χ3v) is 13.6. The molecule has 0 saturated heterocycles. The maximum Gasteiger partial charge on any atom is 0.0641 e. The first kappa shape index (κ1) is 34.3. The molecular weight excluding hydrogens is 763 g/mol. The number of benzene rings is 11. The predicted octanol–water partition coefficient (Wildman–Crippen LogP) is 16.5. The third kappa shape index (κ3) is 4.79. The topological polar surface area (TPSA) is 12.6 Å². The molecule has 0 spiro atoms. The Labute approximate surface area is 362 Å². The molecule has 0 amide bonds. The highest BCUT2D eigenvalue weighted by atomic mass is 15.2. The Morgan fingerprint density at radius 1 is 0.317 bits per heavy atom. The van der Waals surface area contributed by atoms with E-state index in [0.29, 0.717) is 0 Å². The molecule has 0 atom stereocenters. The van der Waals surface area contributed by atoms with Crippen LogP contribution in [0.3, 0.4) is 0 Å². The van der Waals surface area contributed by atoms with Crippen LogP contribution in [-0.4, -0.2) is 8.97 Å². The summed E-state index contributed by atoms with van der Waals surface area (Å²) in [5, 5.41) is 15.0. The fraction of sp³-hybridized carbons (Fsp3) is 0. The van der Waals surface area contributed by atoms with Crippen LogP contribution in [0.5, 0.6) is 0 Å². The fourth-order valence-corrected chi connectivity index (χ4v) is 11.0. The van der Waals surface area contributed by atoms with Crippen molar-refractivity contribution in [2.75, 3.05) is 4.90 Å². The molecule has 63 heavy (non-hydrogen) atoms. The van der Waals surface area contributed by atoms with Gasteiger partial charge >= 0.3 is 0 Å². The van der Waals surface area contributed by atoms with Gasteiger partial charge in [0.25, 0.3) is 0 Å². The van der Waals surface area contributed by atoms with Crippen molar-refractivity contribution < 1.29 is 0 Å². The van der Waals surface area contributed by atoms with Crippen molar-refractivity contribution in [3.05, 3.63) is 224 Å². The SMILES string of the molecule is c1ccc(-c2ccccc2N(c2ccc3c4c5ccccc5ccc4n(-c4ccccc4)c3c2)c2cc3ccccc3c3c2c2cccc4c5cccc6cccc(c65)n3c42)cc1. The second-order valence-electron chi connectivity index (χ2n) is 16.8. The van der Waals surface area contributed by atoms with E-state index in [4.69, 9.17) is 0 Å². The number of pyridine rings is 1. The number of aromatic nitrogens is 2. The summed E-state index contributed by atoms with van der Waals surface area (Å²) in [7, 11) is 0. The molecule has 0 unspecified atom stereocenters. The summed E-state index contributed by atoms with van der Waals surface area (Å²) in [5.41, 5.74) is 12.9. The van der Waals surface area contributed by atoms with Crippen molar-refractivity contribution in [1.29, 1.82) is 0 Å². The van der Waals surface area contributed by atoms with Crippen LogP contribution in [0.15, 0.2) is 224 Å². The van der Waals surface area contributed by atoms with Crippen molar-refractivity contribution in [2.24, 2.45) is 0 Å². The number of hydrogen-bond donors (Lipinski definition) is 0. The summed E-state index contributed by atoms with van der Waals surface area (Å²) in [5.74, 6) is 0. The molecule has 14 rings (SSSR count). The van der Waals surface area contributed by atoms with E-state index in [-0.39, 0.29) is 0 Å². The molecule has 0 N–H and O–H groups in total. The van der Waals surface area contributed by atoms with Gasteiger partial charge in [0.1, 0.15) is 0 Å². The maximum atomic E-state index is 2.57. The Morgan fingerprint density at radius 2 is 0.984 bits per heavy atom. The Morgan fingerprint density at radius 3 is 1.86 bits per heavy atom. The normalized spacial score (nSPS) is 12.1. The van der Waals surface area contributed by atoms with E-state index < -0.39 is 0 Å². The second-order valence-corrected chi connectivity index (χ2v) is 16.8. The Hall–Kier alpha value is -8.40. The van der Waals surface area contributed by atoms with Crippen LogP contribution in [0.4, 0.5) is 17.1 Å². The highest BCUT2D eigenvalue weighted by molar-refractivity contribution is 6.32. The van der Waals surface area contributed by atoms with Crippen molar-refractivity contribution in [1.82, 2.24) is 8.97 Å². The lowest BCUT2D eigenvalue weighted by molar-refractivity contribution is 1.18. The summed E-state index contributed by atoms with van der Waals surface area (Å²) in [4.78, 5) is 2.55. The van der Waals surface area contributed by atoms with E-state index in [9.17, 15) is 0 Å². The minimum absolute atomic E-state index is 1.09. The summed E-state index contributed by atoms with van der Waals surface area (Å²) in [6, 6.07) is 82.9. The largest absolute Gasteiger partial charge is 0.309 e. The van der Waals surface area contributed by atoms with Crippen LogP contribution in [0.2, 0.25) is 0 Å². The van der Waals surface area contributed by atoms with Crippen LogP contribution in [-0.2, 0) is 0 Å². The van der Waals surface area contributed by atoms with Crippen LogP contribution in [0.25, 0.3) is 109 Å². The lowest BCUT2D eigenvalue weighted by Crippen LogP contribution is -2.12. The Kier molecular flexibility index (Phi) is 7.11. The molecule has 0 aliphatic heterocycles. The van der Waals surface area contributed by atoms with Gasteiger partial charge in [0.2, 0.25) is 0 Å². The summed E-state index contributed by atoms with van der Waals surface area (Å²) >= 11 is 0. The molecule has 11 aromatic carbocycles. The van der Waals surface area contributed by atoms with E-state index in [1.807, 2.05) is 0 Å². The Balaban J connectivity index is 1.18. The smallest absolute Gasteiger partial charge is 0.0641 e. The van der Waals surface area contributed by atoms with E-state index in [2.05, 4.69) is 238 Å². The van der Waals surface area contributed by atoms with Crippen LogP contribution in [0.1, 0.15) is 0 Å². The molecule has 0 saturated carbocycles. The standard InChI is InChI=1S/C60H37N3/c1-3-16-38(17-4-1)44-24-11-12-30-51(44)62(43-33-34-49-54(37-43)61(42-22-5-2-6-23-42)53-35-32-39-18-7-9-25-45(39)57(49)53)55-36-41-19-8-10-26-46(41)60-58(55)50-29-15-28-48-47-27-13-20-40-21-14-31-52(56(40)47)63(60)59(48)50/h1-37H. The van der Waals surface area contributed by atoms with Gasteiger partial charge in [-0.05, 0) is 81.0 Å². The molecule has 0 aliphatic rings. The Bertz CT molecular complexity index is 4130. The summed E-state index contributed by atoms with van der Waals surface area (Å²) in [6.07, 6.45) is 0. The quantitative estimate of drug-likeness (QED) is 0.125. The third-order valence-electron chi connectivity index (χ3n) is 13.6. The first-order valence-corrected chi connectivity index (χ1v) is 21.8. The average molecular weight is 800 g/mol. The second kappa shape index (κ2) is 13.1. The predicted molar refractivity (Wildman–Crippen MR) is 268 cm³/mol. The molecule has 0 fully saturated rings. The molecular formula is C60H37N3. The van der Waals surface area contributed by atoms with Gasteiger partial charge < -0.3 is 13.9 Å². The zero-order valence-electron chi connectivity index (χ0n) is 34.2. The van der Waals surface area contributed by atoms with E-state index in [0.717, 1.165) is 28.3 Å². The number of rotatable bonds is 5. The molecule has 3 nitrogen and oxygen atoms in total. The van der Waals surface area contributed by atoms with Crippen LogP contribution >= 0.6 is 0 Å². The van der Waals surface area contributed by atoms with Crippen molar-refractivity contribution in [2.45, 2.75) is 0 Å². The van der Waals surface area contributed by atoms with Gasteiger partial charge in [-0.25, -0.2) is 0 Å². The maximum absolute atomic E-state index is 2.57. The van der Waals surface area contributed by atoms with Gasteiger partial charge in [0.15, 0.2) is 0 Å². The highest BCUT2D eigenvalue weighted by Crippen LogP contribution is 2.51. The lowest BCUT2D eigenvalue weighted by atomic mass is 9.98. The molecule has 292 valence electrons. The van der Waals surface area contributed by atoms with Gasteiger partial charge in [0.05, 0.1) is 39.0 Å². The molecule has 0 radical (unpaired) electrons. The van der Waals surface area contributed by atoms with Crippen LogP contribution in [0, 0.1) is 0 Å². The minimum Gasteiger partial charge on any atom is -0.309 e. The molecule has 3 heterocycles. The van der Waals surface area contributed by atoms with E-state index in [1.165, 1.54) is 97.8 Å². The number of para-hydroxylation sites is 3. The molecule has 14 aromatic rings. The van der Waals surface area contributed by atoms with Gasteiger partial charge in [-0.15, -0.1) is 0 Å². The fourth-order valence-electron chi connectivity index (χ4n) is 11.0. The van der Waals surface area contributed by atoms with Gasteiger partial charge in [-0.2, -0.15) is 0 Å². The molecule has 3 aromatic heterocycles. The van der Waals surface area contributed by atoms with Crippen molar-refractivity contribution >= 4 is 109 Å². The van der Waals surface area contributed by atoms with Crippen molar-refractivity contribution in [3.8, 4) is 16.8 Å². The zero-order chi connectivity index (χ0) is 41.2. The summed E-state index contributed by atoms with van der Waals surface area (Å²) < 4.78 is 5.03. The lowest BCUT2D eigenvalue weighted by Gasteiger charge is -2.29. The van der Waals surface area contributed by atoms with Crippen molar-refractivity contribution in [3.63, 3.8) is 0 Å². The summed E-state index contributed by atoms with van der Waals surface area (Å²) in [6.45, 7) is 0.